The van der Waals surface area contributed by atoms with Crippen molar-refractivity contribution in [1.29, 1.82) is 0 Å². The fourth-order valence-corrected chi connectivity index (χ4v) is 14.5. The van der Waals surface area contributed by atoms with Gasteiger partial charge >= 0.3 is 175 Å². The van der Waals surface area contributed by atoms with Crippen molar-refractivity contribution < 1.29 is 12.4 Å². The van der Waals surface area contributed by atoms with E-state index in [4.69, 9.17) is 3.97 Å². The van der Waals surface area contributed by atoms with E-state index in [1.165, 1.54) is 0 Å². The molecule has 0 fully saturated rings. The number of hydrogen-bond donors (Lipinski definition) is 0. The van der Waals surface area contributed by atoms with Gasteiger partial charge in [-0.05, 0) is 0 Å². The van der Waals surface area contributed by atoms with Crippen LogP contribution in [0.1, 0.15) is 84.6 Å². The number of unbranched alkanes of at least 4 members (excludes halogenated alkanes) is 4. The zero-order chi connectivity index (χ0) is 21.1. The summed E-state index contributed by atoms with van der Waals surface area (Å²) in [4.78, 5) is 0.352. The molecule has 0 bridgehead atoms. The van der Waals surface area contributed by atoms with Crippen molar-refractivity contribution in [3.8, 4) is 0 Å². The molecule has 0 atom stereocenters. The van der Waals surface area contributed by atoms with Gasteiger partial charge in [-0.2, -0.15) is 0 Å². The van der Waals surface area contributed by atoms with Crippen LogP contribution in [0.15, 0.2) is 29.2 Å². The monoisotopic (exact) mass is 430 g/mol. The standard InChI is InChI=1S/C23H43O3PS/c1-6-10-18-27(19-11-7-2,20-12-8-3,21-13-9-4)26-28(24,25)23-17-15-14-16-22(23)5/h14-17H,6-13,18-21H2,1-5H3. The van der Waals surface area contributed by atoms with Crippen LogP contribution in [0.25, 0.3) is 0 Å². The Hall–Kier alpha value is -0.440. The SMILES string of the molecule is CCCCP(CCCC)(CCCC)(CCCC)OS(=O)(=O)c1ccccc1C. The van der Waals surface area contributed by atoms with Crippen molar-refractivity contribution in [1.82, 2.24) is 0 Å². The van der Waals surface area contributed by atoms with Gasteiger partial charge in [0.2, 0.25) is 0 Å². The average molecular weight is 431 g/mol. The minimum absolute atomic E-state index is 0.352. The first-order valence-corrected chi connectivity index (χ1v) is 15.6. The van der Waals surface area contributed by atoms with E-state index in [2.05, 4.69) is 27.7 Å². The summed E-state index contributed by atoms with van der Waals surface area (Å²) in [5, 5.41) is 0. The number of benzene rings is 1. The molecule has 3 nitrogen and oxygen atoms in total. The van der Waals surface area contributed by atoms with Crippen LogP contribution in [0.2, 0.25) is 0 Å². The van der Waals surface area contributed by atoms with E-state index < -0.39 is 16.9 Å². The van der Waals surface area contributed by atoms with Gasteiger partial charge in [0.05, 0.1) is 0 Å². The summed E-state index contributed by atoms with van der Waals surface area (Å²) in [6, 6.07) is 7.25. The molecule has 164 valence electrons. The molecule has 0 unspecified atom stereocenters. The van der Waals surface area contributed by atoms with Crippen LogP contribution in [0, 0.1) is 6.92 Å². The molecule has 28 heavy (non-hydrogen) atoms. The average Bonchev–Trinajstić information content (AvgIpc) is 2.68. The first-order valence-electron chi connectivity index (χ1n) is 11.3. The Morgan fingerprint density at radius 2 is 1.14 bits per heavy atom. The maximum absolute atomic E-state index is 13.5. The van der Waals surface area contributed by atoms with E-state index in [0.717, 1.165) is 81.6 Å². The summed E-state index contributed by atoms with van der Waals surface area (Å²) in [6.07, 6.45) is 12.3. The first-order chi connectivity index (χ1) is 13.3. The second kappa shape index (κ2) is 11.7. The topological polar surface area (TPSA) is 43.4 Å². The van der Waals surface area contributed by atoms with E-state index in [9.17, 15) is 8.42 Å². The second-order valence-electron chi connectivity index (χ2n) is 8.46. The van der Waals surface area contributed by atoms with Gasteiger partial charge in [0.15, 0.2) is 0 Å². The number of hydrogen-bond acceptors (Lipinski definition) is 3. The van der Waals surface area contributed by atoms with Crippen molar-refractivity contribution in [3.63, 3.8) is 0 Å². The van der Waals surface area contributed by atoms with E-state index in [0.29, 0.717) is 4.90 Å². The van der Waals surface area contributed by atoms with Crippen LogP contribution in [0.5, 0.6) is 0 Å². The third-order valence-electron chi connectivity index (χ3n) is 5.98. The Kier molecular flexibility index (Phi) is 10.7. The number of rotatable bonds is 15. The van der Waals surface area contributed by atoms with Crippen molar-refractivity contribution >= 4 is 16.9 Å². The third-order valence-corrected chi connectivity index (χ3v) is 15.2. The molecule has 0 aliphatic carbocycles. The summed E-state index contributed by atoms with van der Waals surface area (Å²) in [5.74, 6) is 0. The van der Waals surface area contributed by atoms with Crippen molar-refractivity contribution in [2.45, 2.75) is 90.9 Å². The molecule has 0 N–H and O–H groups in total. The van der Waals surface area contributed by atoms with Crippen LogP contribution in [0.4, 0.5) is 0 Å². The summed E-state index contributed by atoms with van der Waals surface area (Å²) in [6.45, 7) is 7.78. The molecule has 0 radical (unpaired) electrons. The van der Waals surface area contributed by atoms with Gasteiger partial charge in [-0.15, -0.1) is 0 Å². The quantitative estimate of drug-likeness (QED) is 0.273. The normalized spacial score (nSPS) is 14.0. The van der Waals surface area contributed by atoms with Crippen LogP contribution in [0.3, 0.4) is 0 Å². The molecule has 1 aromatic carbocycles. The fourth-order valence-electron chi connectivity index (χ4n) is 4.21. The van der Waals surface area contributed by atoms with E-state index in [1.54, 1.807) is 12.1 Å². The molecule has 0 saturated heterocycles. The summed E-state index contributed by atoms with van der Waals surface area (Å²) >= 11 is 0. The van der Waals surface area contributed by atoms with E-state index in [1.807, 2.05) is 19.1 Å². The molecular formula is C23H43O3PS. The molecule has 5 heteroatoms. The third kappa shape index (κ3) is 6.82. The Labute approximate surface area is 174 Å². The van der Waals surface area contributed by atoms with Crippen LogP contribution in [-0.4, -0.2) is 33.1 Å². The first kappa shape index (κ1) is 25.6. The molecule has 1 rings (SSSR count). The molecule has 0 heterocycles. The van der Waals surface area contributed by atoms with Crippen LogP contribution >= 0.6 is 6.83 Å². The Morgan fingerprint density at radius 1 is 0.750 bits per heavy atom. The van der Waals surface area contributed by atoms with Crippen molar-refractivity contribution in [2.24, 2.45) is 0 Å². The Bertz CT molecular complexity index is 641. The fraction of sp³-hybridized carbons (Fsp3) is 0.739. The zero-order valence-corrected chi connectivity index (χ0v) is 20.6. The zero-order valence-electron chi connectivity index (χ0n) is 18.9. The summed E-state index contributed by atoms with van der Waals surface area (Å²) in [7, 11) is -3.77. The summed E-state index contributed by atoms with van der Waals surface area (Å²) in [5.41, 5.74) is 0.774. The van der Waals surface area contributed by atoms with Gasteiger partial charge in [-0.25, -0.2) is 0 Å². The van der Waals surface area contributed by atoms with Gasteiger partial charge in [0, 0.05) is 0 Å². The van der Waals surface area contributed by atoms with Gasteiger partial charge in [0.1, 0.15) is 0 Å². The molecule has 1 aromatic rings. The molecule has 0 saturated carbocycles. The second-order valence-corrected chi connectivity index (χ2v) is 15.9. The van der Waals surface area contributed by atoms with Gasteiger partial charge < -0.3 is 0 Å². The van der Waals surface area contributed by atoms with Crippen LogP contribution < -0.4 is 0 Å². The summed E-state index contributed by atoms with van der Waals surface area (Å²) < 4.78 is 33.7. The molecular weight excluding hydrogens is 387 g/mol. The predicted octanol–water partition coefficient (Wildman–Crippen LogP) is 7.37. The minimum atomic E-state index is -3.77. The Morgan fingerprint density at radius 3 is 1.50 bits per heavy atom. The molecule has 0 aliphatic rings. The molecule has 0 spiro atoms. The van der Waals surface area contributed by atoms with E-state index in [-0.39, 0.29) is 0 Å². The van der Waals surface area contributed by atoms with Crippen LogP contribution in [-0.2, 0) is 14.1 Å². The Balaban J connectivity index is 3.52. The molecule has 0 aliphatic heterocycles. The predicted molar refractivity (Wildman–Crippen MR) is 125 cm³/mol. The van der Waals surface area contributed by atoms with Crippen molar-refractivity contribution in [2.75, 3.05) is 24.6 Å². The van der Waals surface area contributed by atoms with Gasteiger partial charge in [-0.3, -0.25) is 0 Å². The van der Waals surface area contributed by atoms with Gasteiger partial charge in [0.25, 0.3) is 0 Å². The van der Waals surface area contributed by atoms with E-state index >= 15 is 0 Å². The van der Waals surface area contributed by atoms with Gasteiger partial charge in [-0.1, -0.05) is 0 Å². The number of aryl methyl sites for hydroxylation is 1. The maximum atomic E-state index is 13.5. The molecule has 0 aromatic heterocycles. The molecule has 0 amide bonds. The van der Waals surface area contributed by atoms with Crippen molar-refractivity contribution in [3.05, 3.63) is 29.8 Å².